The standard InChI is InChI=1S/C18H18Cl2FN3O2/c1-24(2)15-8-7-13(23-18(26)16(19)20)9-14(15)17(25)22-10-11-3-5-12(21)6-4-11/h3-9,16H,10H2,1-2H3,(H,22,25)(H,23,26). The molecular weight excluding hydrogens is 380 g/mol. The second-order valence-electron chi connectivity index (χ2n) is 5.73. The van der Waals surface area contributed by atoms with Crippen molar-refractivity contribution in [2.24, 2.45) is 0 Å². The molecule has 0 saturated heterocycles. The minimum absolute atomic E-state index is 0.244. The third-order valence-corrected chi connectivity index (χ3v) is 3.95. The molecule has 0 heterocycles. The zero-order valence-electron chi connectivity index (χ0n) is 14.2. The molecule has 138 valence electrons. The normalized spacial score (nSPS) is 10.5. The van der Waals surface area contributed by atoms with Crippen LogP contribution in [0.1, 0.15) is 15.9 Å². The highest BCUT2D eigenvalue weighted by Gasteiger charge is 2.16. The molecule has 0 fully saturated rings. The van der Waals surface area contributed by atoms with Gasteiger partial charge < -0.3 is 15.5 Å². The Balaban J connectivity index is 2.19. The molecule has 2 N–H and O–H groups in total. The smallest absolute Gasteiger partial charge is 0.257 e. The van der Waals surface area contributed by atoms with Gasteiger partial charge in [0.05, 0.1) is 5.56 Å². The summed E-state index contributed by atoms with van der Waals surface area (Å²) in [6.07, 6.45) is 0. The summed E-state index contributed by atoms with van der Waals surface area (Å²) in [5.41, 5.74) is 2.21. The van der Waals surface area contributed by atoms with Gasteiger partial charge in [-0.1, -0.05) is 35.3 Å². The van der Waals surface area contributed by atoms with E-state index in [1.54, 1.807) is 49.3 Å². The summed E-state index contributed by atoms with van der Waals surface area (Å²) in [6, 6.07) is 10.8. The number of benzene rings is 2. The molecule has 0 radical (unpaired) electrons. The van der Waals surface area contributed by atoms with Crippen LogP contribution >= 0.6 is 23.2 Å². The largest absolute Gasteiger partial charge is 0.377 e. The SMILES string of the molecule is CN(C)c1ccc(NC(=O)C(Cl)Cl)cc1C(=O)NCc1ccc(F)cc1. The van der Waals surface area contributed by atoms with Gasteiger partial charge in [0, 0.05) is 32.0 Å². The Morgan fingerprint density at radius 2 is 1.77 bits per heavy atom. The molecule has 0 atom stereocenters. The number of carbonyl (C=O) groups is 2. The minimum atomic E-state index is -1.21. The van der Waals surface area contributed by atoms with Crippen molar-refractivity contribution in [2.75, 3.05) is 24.3 Å². The maximum absolute atomic E-state index is 13.0. The summed E-state index contributed by atoms with van der Waals surface area (Å²) in [6.45, 7) is 0.244. The van der Waals surface area contributed by atoms with E-state index in [0.29, 0.717) is 16.9 Å². The van der Waals surface area contributed by atoms with Crippen LogP contribution in [0.5, 0.6) is 0 Å². The molecule has 26 heavy (non-hydrogen) atoms. The Morgan fingerprint density at radius 3 is 2.35 bits per heavy atom. The van der Waals surface area contributed by atoms with E-state index < -0.39 is 10.7 Å². The lowest BCUT2D eigenvalue weighted by Crippen LogP contribution is -2.26. The van der Waals surface area contributed by atoms with E-state index in [1.165, 1.54) is 12.1 Å². The first-order chi connectivity index (χ1) is 12.3. The van der Waals surface area contributed by atoms with Crippen molar-refractivity contribution in [3.63, 3.8) is 0 Å². The number of nitrogens with zero attached hydrogens (tertiary/aromatic N) is 1. The van der Waals surface area contributed by atoms with Gasteiger partial charge in [-0.05, 0) is 35.9 Å². The van der Waals surface area contributed by atoms with Crippen LogP contribution in [-0.4, -0.2) is 30.7 Å². The Bertz CT molecular complexity index is 796. The summed E-state index contributed by atoms with van der Waals surface area (Å²) < 4.78 is 13.0. The number of carbonyl (C=O) groups excluding carboxylic acids is 2. The highest BCUT2D eigenvalue weighted by atomic mass is 35.5. The van der Waals surface area contributed by atoms with Crippen LogP contribution in [0.25, 0.3) is 0 Å². The number of anilines is 2. The molecule has 2 rings (SSSR count). The maximum Gasteiger partial charge on any atom is 0.257 e. The van der Waals surface area contributed by atoms with Crippen LogP contribution in [0, 0.1) is 5.82 Å². The lowest BCUT2D eigenvalue weighted by molar-refractivity contribution is -0.114. The molecule has 2 aromatic rings. The van der Waals surface area contributed by atoms with Gasteiger partial charge in [0.25, 0.3) is 11.8 Å². The molecule has 0 aliphatic heterocycles. The molecule has 0 bridgehead atoms. The van der Waals surface area contributed by atoms with Gasteiger partial charge in [-0.15, -0.1) is 0 Å². The highest BCUT2D eigenvalue weighted by Crippen LogP contribution is 2.23. The van der Waals surface area contributed by atoms with E-state index >= 15 is 0 Å². The molecular formula is C18H18Cl2FN3O2. The van der Waals surface area contributed by atoms with Crippen molar-refractivity contribution < 1.29 is 14.0 Å². The number of amides is 2. The predicted molar refractivity (Wildman–Crippen MR) is 102 cm³/mol. The number of nitrogens with one attached hydrogen (secondary N) is 2. The fourth-order valence-electron chi connectivity index (χ4n) is 2.26. The summed E-state index contributed by atoms with van der Waals surface area (Å²) in [7, 11) is 3.61. The number of hydrogen-bond acceptors (Lipinski definition) is 3. The molecule has 2 amide bonds. The van der Waals surface area contributed by atoms with Crippen LogP contribution < -0.4 is 15.5 Å². The fourth-order valence-corrected chi connectivity index (χ4v) is 2.37. The Kier molecular flexibility index (Phi) is 6.83. The number of alkyl halides is 2. The summed E-state index contributed by atoms with van der Waals surface area (Å²) >= 11 is 11.1. The van der Waals surface area contributed by atoms with Gasteiger partial charge in [0.15, 0.2) is 4.84 Å². The van der Waals surface area contributed by atoms with E-state index in [1.807, 2.05) is 0 Å². The first-order valence-electron chi connectivity index (χ1n) is 7.71. The van der Waals surface area contributed by atoms with Gasteiger partial charge in [0.2, 0.25) is 0 Å². The Labute approximate surface area is 161 Å². The van der Waals surface area contributed by atoms with Crippen molar-refractivity contribution in [1.29, 1.82) is 0 Å². The lowest BCUT2D eigenvalue weighted by atomic mass is 10.1. The fraction of sp³-hybridized carbons (Fsp3) is 0.222. The topological polar surface area (TPSA) is 61.4 Å². The number of rotatable bonds is 6. The monoisotopic (exact) mass is 397 g/mol. The third-order valence-electron chi connectivity index (χ3n) is 3.56. The van der Waals surface area contributed by atoms with E-state index in [-0.39, 0.29) is 18.3 Å². The zero-order chi connectivity index (χ0) is 19.3. The summed E-state index contributed by atoms with van der Waals surface area (Å²) in [5, 5.41) is 5.32. The van der Waals surface area contributed by atoms with Gasteiger partial charge >= 0.3 is 0 Å². The molecule has 0 aliphatic carbocycles. The maximum atomic E-state index is 13.0. The quantitative estimate of drug-likeness (QED) is 0.732. The molecule has 0 spiro atoms. The van der Waals surface area contributed by atoms with Gasteiger partial charge in [-0.25, -0.2) is 4.39 Å². The van der Waals surface area contributed by atoms with Crippen molar-refractivity contribution in [1.82, 2.24) is 5.32 Å². The average molecular weight is 398 g/mol. The molecule has 5 nitrogen and oxygen atoms in total. The van der Waals surface area contributed by atoms with Crippen LogP contribution in [0.4, 0.5) is 15.8 Å². The molecule has 0 unspecified atom stereocenters. The van der Waals surface area contributed by atoms with Crippen molar-refractivity contribution >= 4 is 46.4 Å². The summed E-state index contributed by atoms with van der Waals surface area (Å²) in [4.78, 5) is 24.8. The van der Waals surface area contributed by atoms with Gasteiger partial charge in [0.1, 0.15) is 5.82 Å². The van der Waals surface area contributed by atoms with Crippen LogP contribution in [0.15, 0.2) is 42.5 Å². The molecule has 0 saturated carbocycles. The van der Waals surface area contributed by atoms with E-state index in [4.69, 9.17) is 23.2 Å². The van der Waals surface area contributed by atoms with Crippen LogP contribution in [0.3, 0.4) is 0 Å². The molecule has 0 aromatic heterocycles. The van der Waals surface area contributed by atoms with E-state index in [9.17, 15) is 14.0 Å². The van der Waals surface area contributed by atoms with Crippen molar-refractivity contribution in [2.45, 2.75) is 11.4 Å². The zero-order valence-corrected chi connectivity index (χ0v) is 15.7. The Hall–Kier alpha value is -2.31. The van der Waals surface area contributed by atoms with Crippen molar-refractivity contribution in [3.8, 4) is 0 Å². The predicted octanol–water partition coefficient (Wildman–Crippen LogP) is 3.56. The van der Waals surface area contributed by atoms with E-state index in [0.717, 1.165) is 5.56 Å². The third kappa shape index (κ3) is 5.34. The van der Waals surface area contributed by atoms with Crippen molar-refractivity contribution in [3.05, 3.63) is 59.4 Å². The molecule has 8 heteroatoms. The summed E-state index contributed by atoms with van der Waals surface area (Å²) in [5.74, 6) is -1.25. The van der Waals surface area contributed by atoms with Gasteiger partial charge in [-0.3, -0.25) is 9.59 Å². The van der Waals surface area contributed by atoms with Crippen LogP contribution in [-0.2, 0) is 11.3 Å². The van der Waals surface area contributed by atoms with Crippen LogP contribution in [0.2, 0.25) is 0 Å². The lowest BCUT2D eigenvalue weighted by Gasteiger charge is -2.18. The second kappa shape index (κ2) is 8.87. The number of hydrogen-bond donors (Lipinski definition) is 2. The number of halogens is 3. The van der Waals surface area contributed by atoms with Gasteiger partial charge in [-0.2, -0.15) is 0 Å². The second-order valence-corrected chi connectivity index (χ2v) is 6.82. The molecule has 2 aromatic carbocycles. The molecule has 0 aliphatic rings. The first kappa shape index (κ1) is 20.0. The van der Waals surface area contributed by atoms with E-state index in [2.05, 4.69) is 10.6 Å². The Morgan fingerprint density at radius 1 is 1.12 bits per heavy atom. The first-order valence-corrected chi connectivity index (χ1v) is 8.58. The minimum Gasteiger partial charge on any atom is -0.377 e. The highest BCUT2D eigenvalue weighted by molar-refractivity contribution is 6.54. The average Bonchev–Trinajstić information content (AvgIpc) is 2.60.